The molecule has 1 saturated heterocycles. The number of nitrogens with zero attached hydrogens (tertiary/aromatic N) is 3. The number of thioether (sulfide) groups is 1. The third-order valence-corrected chi connectivity index (χ3v) is 4.52. The van der Waals surface area contributed by atoms with E-state index in [1.807, 2.05) is 30.5 Å². The van der Waals surface area contributed by atoms with Crippen LogP contribution in [-0.4, -0.2) is 55.1 Å². The summed E-state index contributed by atoms with van der Waals surface area (Å²) in [6, 6.07) is 7.97. The van der Waals surface area contributed by atoms with E-state index in [2.05, 4.69) is 20.2 Å². The van der Waals surface area contributed by atoms with Crippen LogP contribution in [0.25, 0.3) is 0 Å². The van der Waals surface area contributed by atoms with Crippen molar-refractivity contribution in [3.05, 3.63) is 36.0 Å². The average Bonchev–Trinajstić information content (AvgIpc) is 2.69. The molecule has 26 heavy (non-hydrogen) atoms. The number of nitrogens with one attached hydrogen (secondary N) is 1. The van der Waals surface area contributed by atoms with Crippen LogP contribution in [0.15, 0.2) is 35.6 Å². The first-order valence-corrected chi connectivity index (χ1v) is 9.72. The molecule has 3 rings (SSSR count). The number of carbonyl (C=O) groups is 1. The lowest BCUT2D eigenvalue weighted by Crippen LogP contribution is -2.36. The molecule has 138 valence electrons. The van der Waals surface area contributed by atoms with Crippen molar-refractivity contribution in [2.45, 2.75) is 12.1 Å². The van der Waals surface area contributed by atoms with Gasteiger partial charge in [-0.15, -0.1) is 0 Å². The van der Waals surface area contributed by atoms with E-state index in [0.717, 1.165) is 24.5 Å². The minimum atomic E-state index is -0.438. The van der Waals surface area contributed by atoms with Gasteiger partial charge in [0.1, 0.15) is 11.4 Å². The Balaban J connectivity index is 1.94. The molecule has 1 aromatic heterocycles. The zero-order valence-corrected chi connectivity index (χ0v) is 15.7. The minimum absolute atomic E-state index is 0.299. The second kappa shape index (κ2) is 8.86. The van der Waals surface area contributed by atoms with Crippen LogP contribution in [0.4, 0.5) is 17.2 Å². The molecule has 0 unspecified atom stereocenters. The third kappa shape index (κ3) is 4.25. The number of hydrogen-bond donors (Lipinski definition) is 1. The summed E-state index contributed by atoms with van der Waals surface area (Å²) in [5, 5.41) is 3.89. The summed E-state index contributed by atoms with van der Waals surface area (Å²) >= 11 is 1.42. The van der Waals surface area contributed by atoms with E-state index in [1.54, 1.807) is 6.92 Å². The molecular formula is C18H22N4O3S. The van der Waals surface area contributed by atoms with E-state index in [-0.39, 0.29) is 0 Å². The van der Waals surface area contributed by atoms with Crippen molar-refractivity contribution in [2.75, 3.05) is 49.4 Å². The number of morpholine rings is 1. The Morgan fingerprint density at radius 3 is 2.85 bits per heavy atom. The van der Waals surface area contributed by atoms with E-state index in [9.17, 15) is 4.79 Å². The predicted molar refractivity (Wildman–Crippen MR) is 103 cm³/mol. The van der Waals surface area contributed by atoms with Gasteiger partial charge in [0.05, 0.1) is 31.2 Å². The van der Waals surface area contributed by atoms with Gasteiger partial charge in [-0.3, -0.25) is 0 Å². The lowest BCUT2D eigenvalue weighted by Gasteiger charge is -2.30. The van der Waals surface area contributed by atoms with E-state index >= 15 is 0 Å². The van der Waals surface area contributed by atoms with Crippen LogP contribution in [0, 0.1) is 0 Å². The molecule has 2 heterocycles. The fraction of sp³-hybridized carbons (Fsp3) is 0.389. The van der Waals surface area contributed by atoms with Crippen molar-refractivity contribution in [3.8, 4) is 0 Å². The van der Waals surface area contributed by atoms with E-state index in [1.165, 1.54) is 18.0 Å². The summed E-state index contributed by atoms with van der Waals surface area (Å²) in [4.78, 5) is 23.2. The monoisotopic (exact) mass is 374 g/mol. The zero-order valence-electron chi connectivity index (χ0n) is 14.9. The fourth-order valence-electron chi connectivity index (χ4n) is 2.70. The molecule has 1 aromatic carbocycles. The predicted octanol–water partition coefficient (Wildman–Crippen LogP) is 2.96. The van der Waals surface area contributed by atoms with Gasteiger partial charge in [0.25, 0.3) is 0 Å². The van der Waals surface area contributed by atoms with Crippen molar-refractivity contribution in [1.29, 1.82) is 0 Å². The maximum atomic E-state index is 12.3. The summed E-state index contributed by atoms with van der Waals surface area (Å²) in [5.41, 5.74) is 2.25. The number of para-hydroxylation sites is 2. The number of hydrogen-bond acceptors (Lipinski definition) is 8. The highest BCUT2D eigenvalue weighted by Gasteiger charge is 2.19. The minimum Gasteiger partial charge on any atom is -0.462 e. The number of esters is 1. The van der Waals surface area contributed by atoms with Gasteiger partial charge in [-0.25, -0.2) is 14.8 Å². The number of ether oxygens (including phenoxy) is 2. The Morgan fingerprint density at radius 2 is 2.12 bits per heavy atom. The van der Waals surface area contributed by atoms with Crippen molar-refractivity contribution in [3.63, 3.8) is 0 Å². The highest BCUT2D eigenvalue weighted by atomic mass is 32.2. The van der Waals surface area contributed by atoms with Crippen LogP contribution in [0.2, 0.25) is 0 Å². The molecule has 0 amide bonds. The smallest absolute Gasteiger partial charge is 0.343 e. The Labute approximate surface area is 157 Å². The average molecular weight is 374 g/mol. The molecule has 1 fully saturated rings. The van der Waals surface area contributed by atoms with Crippen LogP contribution in [0.3, 0.4) is 0 Å². The van der Waals surface area contributed by atoms with Gasteiger partial charge in [0.15, 0.2) is 5.16 Å². The molecule has 8 heteroatoms. The van der Waals surface area contributed by atoms with Crippen LogP contribution in [-0.2, 0) is 9.47 Å². The maximum absolute atomic E-state index is 12.3. The van der Waals surface area contributed by atoms with Gasteiger partial charge in [-0.1, -0.05) is 23.9 Å². The normalized spacial score (nSPS) is 14.2. The molecule has 0 spiro atoms. The number of benzene rings is 1. The molecule has 0 bridgehead atoms. The van der Waals surface area contributed by atoms with E-state index in [0.29, 0.717) is 36.4 Å². The van der Waals surface area contributed by atoms with Crippen LogP contribution >= 0.6 is 11.8 Å². The summed E-state index contributed by atoms with van der Waals surface area (Å²) < 4.78 is 10.6. The van der Waals surface area contributed by atoms with Gasteiger partial charge in [-0.05, 0) is 25.3 Å². The summed E-state index contributed by atoms with van der Waals surface area (Å²) in [6.07, 6.45) is 3.40. The topological polar surface area (TPSA) is 76.6 Å². The van der Waals surface area contributed by atoms with Crippen LogP contribution in [0.1, 0.15) is 17.3 Å². The highest BCUT2D eigenvalue weighted by Crippen LogP contribution is 2.30. The number of rotatable bonds is 6. The Hall–Kier alpha value is -2.32. The quantitative estimate of drug-likeness (QED) is 0.470. The van der Waals surface area contributed by atoms with E-state index in [4.69, 9.17) is 9.47 Å². The molecule has 1 aliphatic rings. The maximum Gasteiger partial charge on any atom is 0.343 e. The molecule has 0 radical (unpaired) electrons. The molecule has 1 N–H and O–H groups in total. The largest absolute Gasteiger partial charge is 0.462 e. The van der Waals surface area contributed by atoms with E-state index < -0.39 is 5.97 Å². The molecule has 1 aliphatic heterocycles. The summed E-state index contributed by atoms with van der Waals surface area (Å²) in [6.45, 7) is 5.12. The lowest BCUT2D eigenvalue weighted by atomic mass is 10.2. The first-order chi connectivity index (χ1) is 12.7. The lowest BCUT2D eigenvalue weighted by molar-refractivity contribution is 0.0526. The van der Waals surface area contributed by atoms with Crippen molar-refractivity contribution >= 4 is 34.9 Å². The van der Waals surface area contributed by atoms with Crippen molar-refractivity contribution in [2.24, 2.45) is 0 Å². The highest BCUT2D eigenvalue weighted by molar-refractivity contribution is 7.98. The number of aromatic nitrogens is 2. The van der Waals surface area contributed by atoms with Gasteiger partial charge in [0, 0.05) is 19.3 Å². The third-order valence-electron chi connectivity index (χ3n) is 3.95. The molecule has 0 atom stereocenters. The van der Waals surface area contributed by atoms with Gasteiger partial charge in [-0.2, -0.15) is 0 Å². The zero-order chi connectivity index (χ0) is 18.4. The van der Waals surface area contributed by atoms with Crippen LogP contribution in [0.5, 0.6) is 0 Å². The first kappa shape index (κ1) is 18.5. The fourth-order valence-corrected chi connectivity index (χ4v) is 3.05. The molecule has 0 aliphatic carbocycles. The van der Waals surface area contributed by atoms with Gasteiger partial charge >= 0.3 is 5.97 Å². The molecule has 7 nitrogen and oxygen atoms in total. The van der Waals surface area contributed by atoms with Crippen LogP contribution < -0.4 is 10.2 Å². The molecule has 0 saturated carbocycles. The van der Waals surface area contributed by atoms with Crippen molar-refractivity contribution < 1.29 is 14.3 Å². The number of carbonyl (C=O) groups excluding carboxylic acids is 1. The Bertz CT molecular complexity index is 766. The molecule has 2 aromatic rings. The SMILES string of the molecule is CCOC(=O)c1cnc(SC)nc1Nc1ccccc1N1CCOCC1. The Kier molecular flexibility index (Phi) is 6.30. The standard InChI is InChI=1S/C18H22N4O3S/c1-3-25-17(23)13-12-19-18(26-2)21-16(13)20-14-6-4-5-7-15(14)22-8-10-24-11-9-22/h4-7,12H,3,8-11H2,1-2H3,(H,19,20,21). The summed E-state index contributed by atoms with van der Waals surface area (Å²) in [7, 11) is 0. The van der Waals surface area contributed by atoms with Gasteiger partial charge < -0.3 is 19.7 Å². The number of anilines is 3. The van der Waals surface area contributed by atoms with Gasteiger partial charge in [0.2, 0.25) is 0 Å². The first-order valence-electron chi connectivity index (χ1n) is 8.49. The Morgan fingerprint density at radius 1 is 1.35 bits per heavy atom. The second-order valence-electron chi connectivity index (χ2n) is 5.58. The second-order valence-corrected chi connectivity index (χ2v) is 6.35. The summed E-state index contributed by atoms with van der Waals surface area (Å²) in [5.74, 6) is 0.00927. The van der Waals surface area contributed by atoms with Crippen molar-refractivity contribution in [1.82, 2.24) is 9.97 Å². The molecular weight excluding hydrogens is 352 g/mol.